The number of hydrogen-bond donors (Lipinski definition) is 1. The summed E-state index contributed by atoms with van der Waals surface area (Å²) in [5.74, 6) is 2.96. The van der Waals surface area contributed by atoms with Gasteiger partial charge in [-0.25, -0.2) is 0 Å². The molecule has 0 aromatic heterocycles. The van der Waals surface area contributed by atoms with Gasteiger partial charge >= 0.3 is 0 Å². The van der Waals surface area contributed by atoms with Crippen molar-refractivity contribution < 1.29 is 0 Å². The molecular weight excluding hydrogens is 232 g/mol. The lowest BCUT2D eigenvalue weighted by molar-refractivity contribution is 0.0723. The highest BCUT2D eigenvalue weighted by Crippen LogP contribution is 2.29. The van der Waals surface area contributed by atoms with Crippen LogP contribution in [0.15, 0.2) is 30.3 Å². The van der Waals surface area contributed by atoms with Gasteiger partial charge in [0, 0.05) is 24.7 Å². The Bertz CT molecular complexity index is 444. The minimum atomic E-state index is 0.121. The molecule has 2 heteroatoms. The lowest BCUT2D eigenvalue weighted by Gasteiger charge is -2.47. The van der Waals surface area contributed by atoms with E-state index in [0.29, 0.717) is 6.04 Å². The Morgan fingerprint density at radius 3 is 2.68 bits per heavy atom. The highest BCUT2D eigenvalue weighted by Gasteiger charge is 2.35. The van der Waals surface area contributed by atoms with Gasteiger partial charge in [0.2, 0.25) is 0 Å². The van der Waals surface area contributed by atoms with Crippen LogP contribution in [0.2, 0.25) is 0 Å². The van der Waals surface area contributed by atoms with Crippen molar-refractivity contribution in [3.8, 4) is 12.3 Å². The second-order valence-electron chi connectivity index (χ2n) is 5.95. The fraction of sp³-hybridized carbons (Fsp3) is 0.529. The zero-order valence-corrected chi connectivity index (χ0v) is 12.2. The summed E-state index contributed by atoms with van der Waals surface area (Å²) < 4.78 is 0. The number of benzene rings is 1. The van der Waals surface area contributed by atoms with Crippen LogP contribution in [0.1, 0.15) is 38.8 Å². The van der Waals surface area contributed by atoms with Gasteiger partial charge in [0.1, 0.15) is 0 Å². The highest BCUT2D eigenvalue weighted by molar-refractivity contribution is 5.22. The van der Waals surface area contributed by atoms with Crippen LogP contribution in [0.4, 0.5) is 0 Å². The van der Waals surface area contributed by atoms with E-state index < -0.39 is 0 Å². The van der Waals surface area contributed by atoms with Crippen LogP contribution >= 0.6 is 0 Å². The molecule has 0 radical (unpaired) electrons. The van der Waals surface area contributed by atoms with E-state index in [0.717, 1.165) is 19.5 Å². The van der Waals surface area contributed by atoms with E-state index in [1.54, 1.807) is 0 Å². The third-order valence-electron chi connectivity index (χ3n) is 3.92. The first kappa shape index (κ1) is 14.1. The highest BCUT2D eigenvalue weighted by atomic mass is 15.3. The molecule has 1 aliphatic rings. The van der Waals surface area contributed by atoms with Crippen LogP contribution in [0, 0.1) is 12.3 Å². The van der Waals surface area contributed by atoms with Gasteiger partial charge in [-0.05, 0) is 25.8 Å². The molecule has 0 aliphatic carbocycles. The van der Waals surface area contributed by atoms with Crippen LogP contribution in [0.5, 0.6) is 0 Å². The van der Waals surface area contributed by atoms with Gasteiger partial charge in [0.25, 0.3) is 0 Å². The standard InChI is InChI=1S/C17H24N2/c1-5-15(6-2)19-13-17(3,4)18-12-16(19)14-10-8-7-9-11-14/h1,7-11,15-16,18H,6,12-13H2,2-4H3. The van der Waals surface area contributed by atoms with Crippen LogP contribution in [-0.4, -0.2) is 29.6 Å². The molecule has 0 amide bonds. The Labute approximate surface area is 117 Å². The Balaban J connectivity index is 2.28. The average Bonchev–Trinajstić information content (AvgIpc) is 2.40. The summed E-state index contributed by atoms with van der Waals surface area (Å²) in [6.07, 6.45) is 6.73. The zero-order chi connectivity index (χ0) is 13.9. The maximum atomic E-state index is 5.73. The Morgan fingerprint density at radius 2 is 2.11 bits per heavy atom. The summed E-state index contributed by atoms with van der Waals surface area (Å²) in [6.45, 7) is 8.58. The monoisotopic (exact) mass is 256 g/mol. The summed E-state index contributed by atoms with van der Waals surface area (Å²) >= 11 is 0. The van der Waals surface area contributed by atoms with Crippen molar-refractivity contribution >= 4 is 0 Å². The summed E-state index contributed by atoms with van der Waals surface area (Å²) in [7, 11) is 0. The molecule has 1 aromatic rings. The first-order chi connectivity index (χ1) is 9.07. The molecule has 1 heterocycles. The van der Waals surface area contributed by atoms with Crippen molar-refractivity contribution in [1.82, 2.24) is 10.2 Å². The molecule has 2 atom stereocenters. The number of piperazine rings is 1. The van der Waals surface area contributed by atoms with Gasteiger partial charge < -0.3 is 5.32 Å². The molecule has 0 spiro atoms. The van der Waals surface area contributed by atoms with Crippen molar-refractivity contribution in [2.24, 2.45) is 0 Å². The Morgan fingerprint density at radius 1 is 1.42 bits per heavy atom. The molecule has 2 rings (SSSR count). The number of rotatable bonds is 3. The first-order valence-corrected chi connectivity index (χ1v) is 7.09. The molecule has 19 heavy (non-hydrogen) atoms. The van der Waals surface area contributed by atoms with E-state index >= 15 is 0 Å². The summed E-state index contributed by atoms with van der Waals surface area (Å²) in [5, 5.41) is 3.63. The van der Waals surface area contributed by atoms with Gasteiger partial charge in [-0.2, -0.15) is 0 Å². The molecule has 2 unspecified atom stereocenters. The molecule has 1 fully saturated rings. The van der Waals surface area contributed by atoms with Crippen molar-refractivity contribution in [3.05, 3.63) is 35.9 Å². The molecule has 2 nitrogen and oxygen atoms in total. The first-order valence-electron chi connectivity index (χ1n) is 7.09. The Hall–Kier alpha value is -1.30. The van der Waals surface area contributed by atoms with Crippen LogP contribution in [-0.2, 0) is 0 Å². The number of nitrogens with zero attached hydrogens (tertiary/aromatic N) is 1. The zero-order valence-electron chi connectivity index (χ0n) is 12.2. The third-order valence-corrected chi connectivity index (χ3v) is 3.92. The van der Waals surface area contributed by atoms with Gasteiger partial charge in [-0.15, -0.1) is 6.42 Å². The predicted octanol–water partition coefficient (Wildman–Crippen LogP) is 2.82. The molecule has 1 N–H and O–H groups in total. The molecule has 0 saturated carbocycles. The summed E-state index contributed by atoms with van der Waals surface area (Å²) in [6, 6.07) is 11.2. The maximum absolute atomic E-state index is 5.73. The minimum Gasteiger partial charge on any atom is -0.309 e. The maximum Gasteiger partial charge on any atom is 0.0715 e. The lowest BCUT2D eigenvalue weighted by atomic mass is 9.92. The number of hydrogen-bond acceptors (Lipinski definition) is 2. The van der Waals surface area contributed by atoms with Crippen LogP contribution in [0.3, 0.4) is 0 Å². The predicted molar refractivity (Wildman–Crippen MR) is 80.9 cm³/mol. The molecule has 1 aliphatic heterocycles. The third kappa shape index (κ3) is 3.18. The molecule has 1 saturated heterocycles. The number of terminal acetylenes is 1. The lowest BCUT2D eigenvalue weighted by Crippen LogP contribution is -2.60. The largest absolute Gasteiger partial charge is 0.309 e. The second-order valence-corrected chi connectivity index (χ2v) is 5.95. The van der Waals surface area contributed by atoms with Crippen molar-refractivity contribution in [1.29, 1.82) is 0 Å². The second kappa shape index (κ2) is 5.77. The summed E-state index contributed by atoms with van der Waals surface area (Å²) in [4.78, 5) is 2.48. The molecule has 0 bridgehead atoms. The van der Waals surface area contributed by atoms with E-state index in [1.165, 1.54) is 5.56 Å². The minimum absolute atomic E-state index is 0.121. The van der Waals surface area contributed by atoms with Gasteiger partial charge in [0.15, 0.2) is 0 Å². The van der Waals surface area contributed by atoms with E-state index in [4.69, 9.17) is 6.42 Å². The summed E-state index contributed by atoms with van der Waals surface area (Å²) in [5.41, 5.74) is 1.47. The normalized spacial score (nSPS) is 24.6. The van der Waals surface area contributed by atoms with Crippen LogP contribution < -0.4 is 5.32 Å². The van der Waals surface area contributed by atoms with Crippen molar-refractivity contribution in [2.75, 3.05) is 13.1 Å². The fourth-order valence-corrected chi connectivity index (χ4v) is 2.87. The average molecular weight is 256 g/mol. The topological polar surface area (TPSA) is 15.3 Å². The SMILES string of the molecule is C#CC(CC)N1CC(C)(C)NCC1c1ccccc1. The smallest absolute Gasteiger partial charge is 0.0715 e. The van der Waals surface area contributed by atoms with E-state index in [9.17, 15) is 0 Å². The van der Waals surface area contributed by atoms with Crippen molar-refractivity contribution in [3.63, 3.8) is 0 Å². The molecule has 1 aromatic carbocycles. The fourth-order valence-electron chi connectivity index (χ4n) is 2.87. The molecular formula is C17H24N2. The molecule has 102 valence electrons. The van der Waals surface area contributed by atoms with Gasteiger partial charge in [-0.3, -0.25) is 4.90 Å². The van der Waals surface area contributed by atoms with Crippen molar-refractivity contribution in [2.45, 2.75) is 44.8 Å². The van der Waals surface area contributed by atoms with Crippen LogP contribution in [0.25, 0.3) is 0 Å². The van der Waals surface area contributed by atoms with E-state index in [-0.39, 0.29) is 11.6 Å². The van der Waals surface area contributed by atoms with Gasteiger partial charge in [-0.1, -0.05) is 43.2 Å². The van der Waals surface area contributed by atoms with Gasteiger partial charge in [0.05, 0.1) is 6.04 Å². The van der Waals surface area contributed by atoms with E-state index in [2.05, 4.69) is 67.2 Å². The quantitative estimate of drug-likeness (QED) is 0.837. The Kier molecular flexibility index (Phi) is 4.29. The number of nitrogens with one attached hydrogen (secondary N) is 1. The van der Waals surface area contributed by atoms with E-state index in [1.807, 2.05) is 0 Å².